The number of aliphatic carboxylic acids is 2. The molecule has 0 aromatic rings. The van der Waals surface area contributed by atoms with Gasteiger partial charge in [-0.2, -0.15) is 0 Å². The lowest BCUT2D eigenvalue weighted by molar-refractivity contribution is -0.147. The van der Waals surface area contributed by atoms with Crippen molar-refractivity contribution in [2.45, 2.75) is 37.9 Å². The van der Waals surface area contributed by atoms with Crippen LogP contribution in [0.15, 0.2) is 0 Å². The van der Waals surface area contributed by atoms with E-state index in [4.69, 9.17) is 21.7 Å². The van der Waals surface area contributed by atoms with E-state index in [-0.39, 0.29) is 6.42 Å². The van der Waals surface area contributed by atoms with Gasteiger partial charge >= 0.3 is 11.9 Å². The number of carboxylic acid groups (broad SMARTS) is 2. The molecule has 7 nitrogen and oxygen atoms in total. The van der Waals surface area contributed by atoms with E-state index in [0.29, 0.717) is 19.4 Å². The Bertz CT molecular complexity index is 259. The van der Waals surface area contributed by atoms with Crippen LogP contribution in [-0.4, -0.2) is 40.4 Å². The number of rotatable bonds is 8. The minimum absolute atomic E-state index is 0.136. The van der Waals surface area contributed by atoms with Crippen LogP contribution in [0.25, 0.3) is 0 Å². The highest BCUT2D eigenvalue weighted by molar-refractivity contribution is 5.80. The van der Waals surface area contributed by atoms with E-state index in [1.54, 1.807) is 0 Å². The van der Waals surface area contributed by atoms with Gasteiger partial charge in [0.2, 0.25) is 0 Å². The summed E-state index contributed by atoms with van der Waals surface area (Å²) in [4.78, 5) is 21.6. The van der Waals surface area contributed by atoms with Gasteiger partial charge in [0.15, 0.2) is 5.66 Å². The average Bonchev–Trinajstić information content (AvgIpc) is 2.17. The Morgan fingerprint density at radius 1 is 1.38 bits per heavy atom. The zero-order chi connectivity index (χ0) is 12.8. The van der Waals surface area contributed by atoms with Gasteiger partial charge in [0.05, 0.1) is 0 Å². The molecule has 0 saturated carbocycles. The lowest BCUT2D eigenvalue weighted by atomic mass is 10.0. The molecule has 94 valence electrons. The van der Waals surface area contributed by atoms with E-state index in [2.05, 4.69) is 5.32 Å². The molecule has 2 atom stereocenters. The Labute approximate surface area is 93.8 Å². The third kappa shape index (κ3) is 4.56. The normalized spacial score (nSPS) is 16.4. The predicted molar refractivity (Wildman–Crippen MR) is 57.7 cm³/mol. The molecule has 0 aliphatic carbocycles. The largest absolute Gasteiger partial charge is 0.480 e. The van der Waals surface area contributed by atoms with E-state index in [1.165, 1.54) is 6.92 Å². The van der Waals surface area contributed by atoms with Crippen LogP contribution in [0.1, 0.15) is 26.2 Å². The summed E-state index contributed by atoms with van der Waals surface area (Å²) in [5.41, 5.74) is 9.17. The van der Waals surface area contributed by atoms with Gasteiger partial charge in [0.25, 0.3) is 0 Å². The molecular weight excluding hydrogens is 214 g/mol. The zero-order valence-corrected chi connectivity index (χ0v) is 9.27. The predicted octanol–water partition coefficient (Wildman–Crippen LogP) is -1.08. The van der Waals surface area contributed by atoms with Crippen molar-refractivity contribution in [3.63, 3.8) is 0 Å². The molecule has 0 fully saturated rings. The third-order valence-electron chi connectivity index (χ3n) is 2.25. The fourth-order valence-electron chi connectivity index (χ4n) is 1.24. The first kappa shape index (κ1) is 14.8. The fourth-order valence-corrected chi connectivity index (χ4v) is 1.24. The van der Waals surface area contributed by atoms with Gasteiger partial charge in [0, 0.05) is 0 Å². The lowest BCUT2D eigenvalue weighted by Crippen LogP contribution is -2.63. The summed E-state index contributed by atoms with van der Waals surface area (Å²) in [5.74, 6) is -2.41. The maximum absolute atomic E-state index is 11.0. The van der Waals surface area contributed by atoms with Gasteiger partial charge in [0.1, 0.15) is 6.04 Å². The first-order chi connectivity index (χ1) is 7.33. The molecule has 0 bridgehead atoms. The first-order valence-corrected chi connectivity index (χ1v) is 5.06. The molecule has 0 aliphatic rings. The van der Waals surface area contributed by atoms with Crippen LogP contribution in [0, 0.1) is 0 Å². The van der Waals surface area contributed by atoms with E-state index in [1.807, 2.05) is 0 Å². The van der Waals surface area contributed by atoms with Crippen molar-refractivity contribution in [2.24, 2.45) is 11.5 Å². The summed E-state index contributed by atoms with van der Waals surface area (Å²) in [6, 6.07) is -1.01. The van der Waals surface area contributed by atoms with Gasteiger partial charge < -0.3 is 21.7 Å². The van der Waals surface area contributed by atoms with Crippen molar-refractivity contribution in [3.05, 3.63) is 0 Å². The number of unbranched alkanes of at least 4 members (excludes halogenated alkanes) is 1. The molecule has 0 unspecified atom stereocenters. The Morgan fingerprint density at radius 2 is 1.94 bits per heavy atom. The average molecular weight is 233 g/mol. The molecule has 0 saturated heterocycles. The first-order valence-electron chi connectivity index (χ1n) is 5.06. The van der Waals surface area contributed by atoms with Crippen LogP contribution in [0.5, 0.6) is 0 Å². The number of nitrogens with two attached hydrogens (primary N) is 2. The van der Waals surface area contributed by atoms with Crippen molar-refractivity contribution in [1.82, 2.24) is 5.32 Å². The van der Waals surface area contributed by atoms with Crippen molar-refractivity contribution < 1.29 is 19.8 Å². The molecule has 0 aromatic carbocycles. The number of hydrogen-bond acceptors (Lipinski definition) is 5. The van der Waals surface area contributed by atoms with E-state index in [9.17, 15) is 9.59 Å². The number of hydrogen-bond donors (Lipinski definition) is 5. The molecule has 7 heteroatoms. The summed E-state index contributed by atoms with van der Waals surface area (Å²) in [6.45, 7) is 1.79. The quantitative estimate of drug-likeness (QED) is 0.265. The topological polar surface area (TPSA) is 139 Å². The second-order valence-electron chi connectivity index (χ2n) is 3.73. The highest BCUT2D eigenvalue weighted by Crippen LogP contribution is 2.09. The van der Waals surface area contributed by atoms with E-state index < -0.39 is 23.6 Å². The summed E-state index contributed by atoms with van der Waals surface area (Å²) in [6.07, 6.45) is 1.31. The van der Waals surface area contributed by atoms with Gasteiger partial charge in [-0.1, -0.05) is 0 Å². The molecule has 0 aliphatic heterocycles. The summed E-state index contributed by atoms with van der Waals surface area (Å²) in [7, 11) is 0. The van der Waals surface area contributed by atoms with Crippen LogP contribution in [0.3, 0.4) is 0 Å². The minimum atomic E-state index is -1.72. The van der Waals surface area contributed by atoms with Crippen LogP contribution in [-0.2, 0) is 9.59 Å². The number of nitrogens with one attached hydrogen (secondary N) is 1. The summed E-state index contributed by atoms with van der Waals surface area (Å²) < 4.78 is 0. The second kappa shape index (κ2) is 6.41. The maximum atomic E-state index is 11.0. The molecule has 0 aromatic heterocycles. The molecule has 0 rings (SSSR count). The minimum Gasteiger partial charge on any atom is -0.480 e. The molecule has 0 amide bonds. The van der Waals surface area contributed by atoms with Crippen molar-refractivity contribution in [3.8, 4) is 0 Å². The summed E-state index contributed by atoms with van der Waals surface area (Å²) in [5, 5.41) is 20.0. The van der Waals surface area contributed by atoms with Gasteiger partial charge in [-0.25, -0.2) is 4.79 Å². The van der Waals surface area contributed by atoms with Crippen molar-refractivity contribution in [1.29, 1.82) is 0 Å². The molecule has 0 heterocycles. The smallest absolute Gasteiger partial charge is 0.338 e. The van der Waals surface area contributed by atoms with Gasteiger partial charge in [-0.3, -0.25) is 10.1 Å². The zero-order valence-electron chi connectivity index (χ0n) is 9.27. The Balaban J connectivity index is 4.44. The van der Waals surface area contributed by atoms with Crippen LogP contribution >= 0.6 is 0 Å². The SMILES string of the molecule is C[C@H](N[C@](N)(CCCCN)C(=O)O)C(=O)O. The second-order valence-corrected chi connectivity index (χ2v) is 3.73. The molecular formula is C9H19N3O4. The molecule has 16 heavy (non-hydrogen) atoms. The molecule has 0 radical (unpaired) electrons. The summed E-state index contributed by atoms with van der Waals surface area (Å²) >= 11 is 0. The van der Waals surface area contributed by atoms with Gasteiger partial charge in [-0.15, -0.1) is 0 Å². The van der Waals surface area contributed by atoms with E-state index in [0.717, 1.165) is 0 Å². The third-order valence-corrected chi connectivity index (χ3v) is 2.25. The number of carboxylic acids is 2. The van der Waals surface area contributed by atoms with Crippen molar-refractivity contribution in [2.75, 3.05) is 6.54 Å². The molecule has 0 spiro atoms. The van der Waals surface area contributed by atoms with Gasteiger partial charge in [-0.05, 0) is 32.7 Å². The van der Waals surface area contributed by atoms with Crippen LogP contribution < -0.4 is 16.8 Å². The number of carbonyl (C=O) groups is 2. The van der Waals surface area contributed by atoms with Crippen LogP contribution in [0.4, 0.5) is 0 Å². The fraction of sp³-hybridized carbons (Fsp3) is 0.778. The van der Waals surface area contributed by atoms with E-state index >= 15 is 0 Å². The Kier molecular flexibility index (Phi) is 5.94. The lowest BCUT2D eigenvalue weighted by Gasteiger charge is -2.28. The maximum Gasteiger partial charge on any atom is 0.338 e. The molecule has 7 N–H and O–H groups in total. The Hall–Kier alpha value is -1.18. The van der Waals surface area contributed by atoms with Crippen LogP contribution in [0.2, 0.25) is 0 Å². The van der Waals surface area contributed by atoms with Crippen molar-refractivity contribution >= 4 is 11.9 Å². The monoisotopic (exact) mass is 233 g/mol. The highest BCUT2D eigenvalue weighted by Gasteiger charge is 2.35. The standard InChI is InChI=1S/C9H19N3O4/c1-6(7(13)14)12-9(11,8(15)16)4-2-3-5-10/h6,12H,2-5,10-11H2,1H3,(H,13,14)(H,15,16)/t6-,9+/m0/s1. The highest BCUT2D eigenvalue weighted by atomic mass is 16.4. The Morgan fingerprint density at radius 3 is 2.31 bits per heavy atom.